The van der Waals surface area contributed by atoms with Crippen molar-refractivity contribution in [3.8, 4) is 0 Å². The fourth-order valence-corrected chi connectivity index (χ4v) is 3.09. The van der Waals surface area contributed by atoms with Crippen LogP contribution in [0.15, 0.2) is 53.6 Å². The first-order valence-corrected chi connectivity index (χ1v) is 8.95. The number of hydrogen-bond acceptors (Lipinski definition) is 5. The molecule has 3 rings (SSSR count). The minimum Gasteiger partial charge on any atom is -0.405 e. The van der Waals surface area contributed by atoms with E-state index in [0.29, 0.717) is 11.1 Å². The van der Waals surface area contributed by atoms with Gasteiger partial charge >= 0.3 is 0 Å². The van der Waals surface area contributed by atoms with Crippen molar-refractivity contribution in [1.29, 1.82) is 5.41 Å². The van der Waals surface area contributed by atoms with Gasteiger partial charge in [0.15, 0.2) is 0 Å². The molecule has 1 aromatic heterocycles. The van der Waals surface area contributed by atoms with Crippen LogP contribution in [-0.2, 0) is 0 Å². The Morgan fingerprint density at radius 3 is 2.52 bits per heavy atom. The van der Waals surface area contributed by atoms with E-state index in [1.807, 2.05) is 12.1 Å². The fraction of sp³-hybridized carbons (Fsp3) is 0.250. The van der Waals surface area contributed by atoms with Crippen LogP contribution in [0.2, 0.25) is 0 Å². The van der Waals surface area contributed by atoms with E-state index < -0.39 is 5.56 Å². The minimum absolute atomic E-state index is 0.0905. The Morgan fingerprint density at radius 1 is 1.15 bits per heavy atom. The number of benzene rings is 1. The number of piperidine rings is 1. The maximum Gasteiger partial charge on any atom is 0.271 e. The van der Waals surface area contributed by atoms with Crippen LogP contribution in [-0.4, -0.2) is 29.7 Å². The third-order valence-electron chi connectivity index (χ3n) is 4.58. The molecule has 7 heteroatoms. The molecule has 7 nitrogen and oxygen atoms in total. The lowest BCUT2D eigenvalue weighted by Crippen LogP contribution is -2.29. The number of nitrogens with one attached hydrogen (secondary N) is 3. The molecule has 5 N–H and O–H groups in total. The van der Waals surface area contributed by atoms with Crippen molar-refractivity contribution in [1.82, 2.24) is 4.98 Å². The third kappa shape index (κ3) is 4.44. The third-order valence-corrected chi connectivity index (χ3v) is 4.58. The highest BCUT2D eigenvalue weighted by molar-refractivity contribution is 6.08. The summed E-state index contributed by atoms with van der Waals surface area (Å²) >= 11 is 0. The van der Waals surface area contributed by atoms with Crippen molar-refractivity contribution in [2.75, 3.05) is 23.3 Å². The minimum atomic E-state index is -0.429. The summed E-state index contributed by atoms with van der Waals surface area (Å²) in [6.45, 7) is 2.08. The molecule has 1 fully saturated rings. The molecule has 0 unspecified atom stereocenters. The van der Waals surface area contributed by atoms with Crippen molar-refractivity contribution in [3.05, 3.63) is 70.3 Å². The van der Waals surface area contributed by atoms with Crippen LogP contribution >= 0.6 is 0 Å². The van der Waals surface area contributed by atoms with Crippen LogP contribution in [0.5, 0.6) is 0 Å². The van der Waals surface area contributed by atoms with Crippen molar-refractivity contribution in [2.24, 2.45) is 5.73 Å². The van der Waals surface area contributed by atoms with Crippen LogP contribution in [0.3, 0.4) is 0 Å². The number of aromatic amines is 1. The summed E-state index contributed by atoms with van der Waals surface area (Å²) in [6.07, 6.45) is 7.70. The van der Waals surface area contributed by atoms with Gasteiger partial charge in [-0.15, -0.1) is 0 Å². The van der Waals surface area contributed by atoms with Gasteiger partial charge < -0.3 is 26.3 Å². The molecule has 0 radical (unpaired) electrons. The van der Waals surface area contributed by atoms with Crippen LogP contribution in [0, 0.1) is 5.41 Å². The number of allylic oxidation sites excluding steroid dienone is 1. The molecule has 0 atom stereocenters. The van der Waals surface area contributed by atoms with Gasteiger partial charge in [0, 0.05) is 36.1 Å². The molecule has 1 aliphatic heterocycles. The Hall–Kier alpha value is -3.35. The highest BCUT2D eigenvalue weighted by Gasteiger charge is 2.13. The van der Waals surface area contributed by atoms with Crippen molar-refractivity contribution in [3.63, 3.8) is 0 Å². The number of carbonyl (C=O) groups excluding carboxylic acids is 1. The first-order valence-electron chi connectivity index (χ1n) is 8.95. The standard InChI is InChI=1S/C20H23N5O2/c21-9-8-17(22)15-12-18(20(27)23-13-15)24-19(26)14-4-6-16(7-5-14)25-10-2-1-3-11-25/h4-9,12-13,22H,1-3,10-11,21H2,(H,23,27)(H,24,26)/b9-8-,22-17?. The average molecular weight is 365 g/mol. The number of H-pyrrole nitrogens is 1. The molecule has 1 aromatic carbocycles. The number of anilines is 2. The molecule has 0 aliphatic carbocycles. The monoisotopic (exact) mass is 365 g/mol. The van der Waals surface area contributed by atoms with Gasteiger partial charge in [0.1, 0.15) is 5.69 Å². The van der Waals surface area contributed by atoms with Crippen LogP contribution in [0.4, 0.5) is 11.4 Å². The van der Waals surface area contributed by atoms with Gasteiger partial charge in [0.2, 0.25) is 0 Å². The molecular weight excluding hydrogens is 342 g/mol. The SMILES string of the molecule is N=C(/C=C\N)c1c[nH]c(=O)c(NC(=O)c2ccc(N3CCCCC3)cc2)c1. The van der Waals surface area contributed by atoms with E-state index in [4.69, 9.17) is 11.1 Å². The fourth-order valence-electron chi connectivity index (χ4n) is 3.09. The average Bonchev–Trinajstić information content (AvgIpc) is 2.70. The largest absolute Gasteiger partial charge is 0.405 e. The zero-order valence-corrected chi connectivity index (χ0v) is 15.0. The summed E-state index contributed by atoms with van der Waals surface area (Å²) in [5, 5.41) is 10.5. The van der Waals surface area contributed by atoms with Gasteiger partial charge in [0.25, 0.3) is 11.5 Å². The van der Waals surface area contributed by atoms with Gasteiger partial charge in [-0.25, -0.2) is 0 Å². The molecule has 0 saturated carbocycles. The van der Waals surface area contributed by atoms with E-state index in [2.05, 4.69) is 15.2 Å². The molecular formula is C20H23N5O2. The van der Waals surface area contributed by atoms with E-state index >= 15 is 0 Å². The Labute approximate surface area is 157 Å². The van der Waals surface area contributed by atoms with Crippen LogP contribution in [0.25, 0.3) is 0 Å². The number of aromatic nitrogens is 1. The number of nitrogens with two attached hydrogens (primary N) is 1. The number of rotatable bonds is 5. The van der Waals surface area contributed by atoms with E-state index in [1.54, 1.807) is 12.1 Å². The topological polar surface area (TPSA) is 115 Å². The quantitative estimate of drug-likeness (QED) is 0.609. The molecule has 1 amide bonds. The molecule has 27 heavy (non-hydrogen) atoms. The van der Waals surface area contributed by atoms with Crippen molar-refractivity contribution >= 4 is 23.0 Å². The van der Waals surface area contributed by atoms with Crippen molar-refractivity contribution in [2.45, 2.75) is 19.3 Å². The second-order valence-electron chi connectivity index (χ2n) is 6.45. The second-order valence-corrected chi connectivity index (χ2v) is 6.45. The maximum absolute atomic E-state index is 12.5. The Bertz CT molecular complexity index is 909. The molecule has 0 spiro atoms. The van der Waals surface area contributed by atoms with Crippen LogP contribution < -0.4 is 21.5 Å². The van der Waals surface area contributed by atoms with E-state index in [0.717, 1.165) is 18.8 Å². The molecule has 1 saturated heterocycles. The molecule has 140 valence electrons. The van der Waals surface area contributed by atoms with Gasteiger partial charge in [-0.2, -0.15) is 0 Å². The summed E-state index contributed by atoms with van der Waals surface area (Å²) in [5.74, 6) is -0.372. The predicted molar refractivity (Wildman–Crippen MR) is 108 cm³/mol. The lowest BCUT2D eigenvalue weighted by Gasteiger charge is -2.28. The summed E-state index contributed by atoms with van der Waals surface area (Å²) in [6, 6.07) is 8.85. The van der Waals surface area contributed by atoms with Crippen LogP contribution in [0.1, 0.15) is 35.2 Å². The molecule has 1 aliphatic rings. The van der Waals surface area contributed by atoms with E-state index in [-0.39, 0.29) is 17.3 Å². The predicted octanol–water partition coefficient (Wildman–Crippen LogP) is 2.46. The normalized spacial score (nSPS) is 14.3. The number of hydrogen-bond donors (Lipinski definition) is 4. The number of pyridine rings is 1. The lowest BCUT2D eigenvalue weighted by atomic mass is 10.1. The Morgan fingerprint density at radius 2 is 1.85 bits per heavy atom. The summed E-state index contributed by atoms with van der Waals surface area (Å²) in [7, 11) is 0. The highest BCUT2D eigenvalue weighted by atomic mass is 16.2. The van der Waals surface area contributed by atoms with Crippen molar-refractivity contribution < 1.29 is 4.79 Å². The van der Waals surface area contributed by atoms with E-state index in [1.165, 1.54) is 43.8 Å². The number of amides is 1. The first kappa shape index (κ1) is 18.4. The Kier molecular flexibility index (Phi) is 5.71. The number of carbonyl (C=O) groups is 1. The maximum atomic E-state index is 12.5. The van der Waals surface area contributed by atoms with Gasteiger partial charge in [0.05, 0.1) is 5.71 Å². The number of nitrogens with zero attached hydrogens (tertiary/aromatic N) is 1. The highest BCUT2D eigenvalue weighted by Crippen LogP contribution is 2.20. The second kappa shape index (κ2) is 8.35. The van der Waals surface area contributed by atoms with Gasteiger partial charge in [-0.05, 0) is 61.9 Å². The zero-order chi connectivity index (χ0) is 19.2. The molecule has 2 aromatic rings. The lowest BCUT2D eigenvalue weighted by molar-refractivity contribution is 0.102. The first-order chi connectivity index (χ1) is 13.1. The van der Waals surface area contributed by atoms with E-state index in [9.17, 15) is 9.59 Å². The van der Waals surface area contributed by atoms with Gasteiger partial charge in [-0.3, -0.25) is 9.59 Å². The zero-order valence-electron chi connectivity index (χ0n) is 15.0. The molecule has 2 heterocycles. The molecule has 0 bridgehead atoms. The summed E-state index contributed by atoms with van der Waals surface area (Å²) in [4.78, 5) is 29.3. The smallest absolute Gasteiger partial charge is 0.271 e. The van der Waals surface area contributed by atoms with Gasteiger partial charge in [-0.1, -0.05) is 0 Å². The summed E-state index contributed by atoms with van der Waals surface area (Å²) in [5.41, 5.74) is 7.11. The summed E-state index contributed by atoms with van der Waals surface area (Å²) < 4.78 is 0. The Balaban J connectivity index is 1.74.